The molecule has 0 saturated carbocycles. The van der Waals surface area contributed by atoms with Crippen LogP contribution in [0.5, 0.6) is 0 Å². The molecule has 3 aromatic rings. The number of rotatable bonds is 5. The molecule has 7 nitrogen and oxygen atoms in total. The van der Waals surface area contributed by atoms with E-state index in [1.165, 1.54) is 5.56 Å². The maximum absolute atomic E-state index is 12.7. The van der Waals surface area contributed by atoms with Crippen LogP contribution in [0.25, 0.3) is 0 Å². The first-order valence-corrected chi connectivity index (χ1v) is 11.1. The van der Waals surface area contributed by atoms with Gasteiger partial charge in [-0.1, -0.05) is 35.9 Å². The smallest absolute Gasteiger partial charge is 0.410 e. The Balaban J connectivity index is 1.44. The van der Waals surface area contributed by atoms with Crippen LogP contribution in [0.4, 0.5) is 4.79 Å². The number of nitriles is 1. The summed E-state index contributed by atoms with van der Waals surface area (Å²) in [5.41, 5.74) is 5.56. The minimum atomic E-state index is -0.459. The number of nitrogens with zero attached hydrogens (tertiary/aromatic N) is 4. The molecule has 0 bridgehead atoms. The highest BCUT2D eigenvalue weighted by atomic mass is 16.6. The van der Waals surface area contributed by atoms with E-state index in [2.05, 4.69) is 40.9 Å². The predicted octanol–water partition coefficient (Wildman–Crippen LogP) is 4.12. The van der Waals surface area contributed by atoms with Crippen LogP contribution >= 0.6 is 0 Å². The van der Waals surface area contributed by atoms with Gasteiger partial charge in [0.2, 0.25) is 0 Å². The van der Waals surface area contributed by atoms with Gasteiger partial charge in [-0.15, -0.1) is 0 Å². The first-order valence-electron chi connectivity index (χ1n) is 11.1. The molecule has 1 N–H and O–H groups in total. The molecule has 1 aliphatic heterocycles. The van der Waals surface area contributed by atoms with Gasteiger partial charge in [-0.3, -0.25) is 4.90 Å². The topological polar surface area (TPSA) is 85.2 Å². The van der Waals surface area contributed by atoms with E-state index in [4.69, 9.17) is 10.00 Å². The Labute approximate surface area is 194 Å². The quantitative estimate of drug-likeness (QED) is 0.641. The number of aryl methyl sites for hydroxylation is 2. The third-order valence-corrected chi connectivity index (χ3v) is 6.62. The number of piperazine rings is 1. The third-order valence-electron chi connectivity index (χ3n) is 6.62. The molecule has 1 saturated heterocycles. The summed E-state index contributed by atoms with van der Waals surface area (Å²) < 4.78 is 5.61. The number of aromatic amines is 1. The molecule has 4 rings (SSSR count). The van der Waals surface area contributed by atoms with Gasteiger partial charge in [0.05, 0.1) is 35.4 Å². The number of imidazole rings is 1. The molecule has 1 atom stereocenters. The monoisotopic (exact) mass is 443 g/mol. The van der Waals surface area contributed by atoms with Crippen LogP contribution in [0, 0.1) is 25.2 Å². The van der Waals surface area contributed by atoms with Crippen LogP contribution in [0.2, 0.25) is 0 Å². The van der Waals surface area contributed by atoms with Crippen LogP contribution in [-0.4, -0.2) is 52.0 Å². The summed E-state index contributed by atoms with van der Waals surface area (Å²) in [6.45, 7) is 9.05. The SMILES string of the molecule is Cc1ccc(COC(=O)N2CCN(C(C)(c3ccc(C#N)cc3)c3cnc[nH]3)CC2)c(C)c1. The molecule has 7 heteroatoms. The predicted molar refractivity (Wildman–Crippen MR) is 125 cm³/mol. The Morgan fingerprint density at radius 3 is 2.48 bits per heavy atom. The summed E-state index contributed by atoms with van der Waals surface area (Å²) in [4.78, 5) is 24.3. The van der Waals surface area contributed by atoms with Gasteiger partial charge < -0.3 is 14.6 Å². The van der Waals surface area contributed by atoms with Gasteiger partial charge in [0.15, 0.2) is 0 Å². The van der Waals surface area contributed by atoms with E-state index < -0.39 is 5.54 Å². The summed E-state index contributed by atoms with van der Waals surface area (Å²) >= 11 is 0. The second kappa shape index (κ2) is 9.47. The van der Waals surface area contributed by atoms with Crippen molar-refractivity contribution in [1.82, 2.24) is 19.8 Å². The van der Waals surface area contributed by atoms with Gasteiger partial charge in [-0.05, 0) is 49.6 Å². The molecular formula is C26H29N5O2. The number of amides is 1. The molecule has 1 fully saturated rings. The van der Waals surface area contributed by atoms with Crippen LogP contribution in [-0.2, 0) is 16.9 Å². The molecular weight excluding hydrogens is 414 g/mol. The van der Waals surface area contributed by atoms with E-state index in [9.17, 15) is 4.79 Å². The van der Waals surface area contributed by atoms with Gasteiger partial charge in [0.25, 0.3) is 0 Å². The summed E-state index contributed by atoms with van der Waals surface area (Å²) in [7, 11) is 0. The summed E-state index contributed by atoms with van der Waals surface area (Å²) in [6, 6.07) is 16.0. The molecule has 0 radical (unpaired) electrons. The zero-order valence-electron chi connectivity index (χ0n) is 19.3. The lowest BCUT2D eigenvalue weighted by Crippen LogP contribution is -2.56. The number of carbonyl (C=O) groups excluding carboxylic acids is 1. The number of H-pyrrole nitrogens is 1. The van der Waals surface area contributed by atoms with Gasteiger partial charge in [0.1, 0.15) is 6.61 Å². The zero-order valence-corrected chi connectivity index (χ0v) is 19.3. The number of hydrogen-bond acceptors (Lipinski definition) is 5. The molecule has 0 aliphatic carbocycles. The number of carbonyl (C=O) groups is 1. The van der Waals surface area contributed by atoms with Gasteiger partial charge in [-0.2, -0.15) is 5.26 Å². The Bertz CT molecular complexity index is 1140. The number of hydrogen-bond donors (Lipinski definition) is 1. The van der Waals surface area contributed by atoms with E-state index in [0.29, 0.717) is 31.7 Å². The Kier molecular flexibility index (Phi) is 6.47. The van der Waals surface area contributed by atoms with Crippen molar-refractivity contribution in [2.24, 2.45) is 0 Å². The van der Waals surface area contributed by atoms with Crippen LogP contribution in [0.3, 0.4) is 0 Å². The number of benzene rings is 2. The Morgan fingerprint density at radius 1 is 1.15 bits per heavy atom. The second-order valence-electron chi connectivity index (χ2n) is 8.69. The average molecular weight is 444 g/mol. The number of ether oxygens (including phenoxy) is 1. The van der Waals surface area contributed by atoms with E-state index in [1.54, 1.807) is 11.2 Å². The summed E-state index contributed by atoms with van der Waals surface area (Å²) in [6.07, 6.45) is 3.23. The lowest BCUT2D eigenvalue weighted by molar-refractivity contribution is 0.0420. The first-order chi connectivity index (χ1) is 15.9. The standard InChI is InChI=1S/C26H29N5O2/c1-19-4-7-22(20(2)14-19)17-33-25(32)30-10-12-31(13-11-30)26(3,24-16-28-18-29-24)23-8-5-21(15-27)6-9-23/h4-9,14,16,18H,10-13,17H2,1-3H3,(H,28,29). The molecule has 1 unspecified atom stereocenters. The van der Waals surface area contributed by atoms with E-state index in [0.717, 1.165) is 22.4 Å². The number of nitrogens with one attached hydrogen (secondary N) is 1. The van der Waals surface area contributed by atoms with Crippen LogP contribution < -0.4 is 0 Å². The highest BCUT2D eigenvalue weighted by molar-refractivity contribution is 5.67. The van der Waals surface area contributed by atoms with Crippen molar-refractivity contribution in [3.8, 4) is 6.07 Å². The molecule has 1 amide bonds. The van der Waals surface area contributed by atoms with Gasteiger partial charge in [0, 0.05) is 26.2 Å². The van der Waals surface area contributed by atoms with E-state index in [1.807, 2.05) is 49.5 Å². The summed E-state index contributed by atoms with van der Waals surface area (Å²) in [5.74, 6) is 0. The zero-order chi connectivity index (χ0) is 23.4. The van der Waals surface area contributed by atoms with E-state index >= 15 is 0 Å². The van der Waals surface area contributed by atoms with Crippen molar-refractivity contribution in [3.05, 3.63) is 88.5 Å². The first kappa shape index (κ1) is 22.6. The van der Waals surface area contributed by atoms with Crippen LogP contribution in [0.15, 0.2) is 55.0 Å². The minimum absolute atomic E-state index is 0.280. The third kappa shape index (κ3) is 4.62. The highest BCUT2D eigenvalue weighted by Gasteiger charge is 2.39. The maximum atomic E-state index is 12.7. The molecule has 2 aromatic carbocycles. The van der Waals surface area contributed by atoms with Crippen molar-refractivity contribution >= 4 is 6.09 Å². The average Bonchev–Trinajstić information content (AvgIpc) is 3.39. The molecule has 33 heavy (non-hydrogen) atoms. The molecule has 2 heterocycles. The van der Waals surface area contributed by atoms with Crippen LogP contribution in [0.1, 0.15) is 40.4 Å². The van der Waals surface area contributed by atoms with E-state index in [-0.39, 0.29) is 12.7 Å². The largest absolute Gasteiger partial charge is 0.445 e. The molecule has 1 aromatic heterocycles. The molecule has 1 aliphatic rings. The van der Waals surface area contributed by atoms with Gasteiger partial charge >= 0.3 is 6.09 Å². The fourth-order valence-corrected chi connectivity index (χ4v) is 4.47. The van der Waals surface area contributed by atoms with Crippen molar-refractivity contribution in [2.45, 2.75) is 32.9 Å². The second-order valence-corrected chi connectivity index (χ2v) is 8.69. The van der Waals surface area contributed by atoms with Gasteiger partial charge in [-0.25, -0.2) is 9.78 Å². The summed E-state index contributed by atoms with van der Waals surface area (Å²) in [5, 5.41) is 9.16. The normalized spacial score (nSPS) is 16.1. The van der Waals surface area contributed by atoms with Crippen molar-refractivity contribution in [3.63, 3.8) is 0 Å². The lowest BCUT2D eigenvalue weighted by Gasteiger charge is -2.45. The minimum Gasteiger partial charge on any atom is -0.445 e. The fraction of sp³-hybridized carbons (Fsp3) is 0.346. The number of aromatic nitrogens is 2. The fourth-order valence-electron chi connectivity index (χ4n) is 4.47. The molecule has 170 valence electrons. The lowest BCUT2D eigenvalue weighted by atomic mass is 9.86. The van der Waals surface area contributed by atoms with Crippen molar-refractivity contribution < 1.29 is 9.53 Å². The molecule has 0 spiro atoms. The highest BCUT2D eigenvalue weighted by Crippen LogP contribution is 2.35. The maximum Gasteiger partial charge on any atom is 0.410 e. The van der Waals surface area contributed by atoms with Crippen molar-refractivity contribution in [1.29, 1.82) is 5.26 Å². The van der Waals surface area contributed by atoms with Crippen molar-refractivity contribution in [2.75, 3.05) is 26.2 Å². The Hall–Kier alpha value is -3.63. The Morgan fingerprint density at radius 2 is 1.88 bits per heavy atom.